The van der Waals surface area contributed by atoms with Crippen LogP contribution < -0.4 is 0 Å². The van der Waals surface area contributed by atoms with E-state index in [0.717, 1.165) is 12.8 Å². The Balaban J connectivity index is 1.69. The lowest BCUT2D eigenvalue weighted by Gasteiger charge is -2.32. The number of hydrogen-bond donors (Lipinski definition) is 0. The molecule has 0 saturated carbocycles. The van der Waals surface area contributed by atoms with Crippen LogP contribution in [0.25, 0.3) is 0 Å². The van der Waals surface area contributed by atoms with E-state index in [-0.39, 0.29) is 11.8 Å². The first-order chi connectivity index (χ1) is 9.95. The van der Waals surface area contributed by atoms with Crippen molar-refractivity contribution in [3.63, 3.8) is 0 Å². The van der Waals surface area contributed by atoms with Crippen molar-refractivity contribution in [2.24, 2.45) is 5.92 Å². The monoisotopic (exact) mass is 308 g/mol. The first-order valence-electron chi connectivity index (χ1n) is 7.26. The zero-order valence-electron chi connectivity index (χ0n) is 12.2. The summed E-state index contributed by atoms with van der Waals surface area (Å²) >= 11 is 0. The highest BCUT2D eigenvalue weighted by Crippen LogP contribution is 2.27. The highest BCUT2D eigenvalue weighted by molar-refractivity contribution is 7.88. The molecule has 1 fully saturated rings. The van der Waals surface area contributed by atoms with Crippen molar-refractivity contribution in [2.75, 3.05) is 19.3 Å². The van der Waals surface area contributed by atoms with Crippen LogP contribution >= 0.6 is 0 Å². The Bertz CT molecular complexity index is 632. The quantitative estimate of drug-likeness (QED) is 0.825. The molecule has 6 heteroatoms. The van der Waals surface area contributed by atoms with Crippen molar-refractivity contribution in [2.45, 2.75) is 25.9 Å². The van der Waals surface area contributed by atoms with Gasteiger partial charge in [-0.15, -0.1) is 0 Å². The van der Waals surface area contributed by atoms with Crippen LogP contribution in [0, 0.1) is 5.92 Å². The fraction of sp³-hybridized carbons (Fsp3) is 0.533. The van der Waals surface area contributed by atoms with Crippen LogP contribution in [0.3, 0.4) is 0 Å². The normalized spacial score (nSPS) is 23.1. The predicted octanol–water partition coefficient (Wildman–Crippen LogP) is 1.20. The van der Waals surface area contributed by atoms with Gasteiger partial charge in [-0.05, 0) is 24.0 Å². The minimum atomic E-state index is -3.21. The molecule has 0 aromatic heterocycles. The Kier molecular flexibility index (Phi) is 3.75. The van der Waals surface area contributed by atoms with Crippen LogP contribution in [-0.4, -0.2) is 42.9 Å². The SMILES string of the molecule is CS(=O)(=O)N1CCC[C@@H](C(=O)N2Cc3ccccc3C2)C1. The Labute approximate surface area is 125 Å². The fourth-order valence-corrected chi connectivity index (χ4v) is 4.10. The molecule has 21 heavy (non-hydrogen) atoms. The average molecular weight is 308 g/mol. The highest BCUT2D eigenvalue weighted by atomic mass is 32.2. The number of hydrogen-bond acceptors (Lipinski definition) is 3. The van der Waals surface area contributed by atoms with Crippen LogP contribution in [0.2, 0.25) is 0 Å². The minimum absolute atomic E-state index is 0.0829. The van der Waals surface area contributed by atoms with Gasteiger partial charge in [-0.3, -0.25) is 4.79 Å². The minimum Gasteiger partial charge on any atom is -0.334 e. The van der Waals surface area contributed by atoms with Crippen molar-refractivity contribution >= 4 is 15.9 Å². The number of sulfonamides is 1. The van der Waals surface area contributed by atoms with E-state index in [1.54, 1.807) is 0 Å². The maximum absolute atomic E-state index is 12.6. The van der Waals surface area contributed by atoms with Crippen LogP contribution in [0.5, 0.6) is 0 Å². The van der Waals surface area contributed by atoms with Crippen molar-refractivity contribution in [3.05, 3.63) is 35.4 Å². The van der Waals surface area contributed by atoms with E-state index in [4.69, 9.17) is 0 Å². The first kappa shape index (κ1) is 14.5. The van der Waals surface area contributed by atoms with Gasteiger partial charge in [-0.2, -0.15) is 0 Å². The topological polar surface area (TPSA) is 57.7 Å². The second kappa shape index (κ2) is 5.42. The molecule has 1 amide bonds. The van der Waals surface area contributed by atoms with Crippen molar-refractivity contribution in [3.8, 4) is 0 Å². The molecule has 5 nitrogen and oxygen atoms in total. The zero-order chi connectivity index (χ0) is 15.0. The Morgan fingerprint density at radius 2 is 1.81 bits per heavy atom. The second-order valence-corrected chi connectivity index (χ2v) is 7.91. The number of fused-ring (bicyclic) bond motifs is 1. The molecule has 0 spiro atoms. The van der Waals surface area contributed by atoms with Gasteiger partial charge in [0.05, 0.1) is 12.2 Å². The number of nitrogens with zero attached hydrogens (tertiary/aromatic N) is 2. The van der Waals surface area contributed by atoms with E-state index in [0.29, 0.717) is 26.2 Å². The standard InChI is InChI=1S/C15H20N2O3S/c1-21(19,20)17-8-4-7-14(11-17)15(18)16-9-12-5-2-3-6-13(12)10-16/h2-3,5-6,14H,4,7-11H2,1H3/t14-/m1/s1. The lowest BCUT2D eigenvalue weighted by molar-refractivity contribution is -0.137. The van der Waals surface area contributed by atoms with Crippen molar-refractivity contribution in [1.29, 1.82) is 0 Å². The third kappa shape index (κ3) is 2.96. The summed E-state index contributed by atoms with van der Waals surface area (Å²) in [5.41, 5.74) is 2.39. The lowest BCUT2D eigenvalue weighted by atomic mass is 9.98. The molecule has 2 aliphatic rings. The summed E-state index contributed by atoms with van der Waals surface area (Å²) < 4.78 is 24.7. The van der Waals surface area contributed by atoms with E-state index in [9.17, 15) is 13.2 Å². The summed E-state index contributed by atoms with van der Waals surface area (Å²) in [6.45, 7) is 2.14. The number of amides is 1. The molecule has 1 aromatic carbocycles. The van der Waals surface area contributed by atoms with Gasteiger partial charge in [0, 0.05) is 26.2 Å². The Morgan fingerprint density at radius 1 is 1.19 bits per heavy atom. The summed E-state index contributed by atoms with van der Waals surface area (Å²) in [6, 6.07) is 8.07. The molecule has 0 bridgehead atoms. The molecule has 1 atom stereocenters. The molecule has 0 unspecified atom stereocenters. The maximum atomic E-state index is 12.6. The van der Waals surface area contributed by atoms with E-state index >= 15 is 0 Å². The van der Waals surface area contributed by atoms with Gasteiger partial charge in [0.15, 0.2) is 0 Å². The summed E-state index contributed by atoms with van der Waals surface area (Å²) in [4.78, 5) is 14.5. The van der Waals surface area contributed by atoms with E-state index in [1.807, 2.05) is 29.2 Å². The first-order valence-corrected chi connectivity index (χ1v) is 9.10. The van der Waals surface area contributed by atoms with Gasteiger partial charge in [0.2, 0.25) is 15.9 Å². The molecule has 1 aromatic rings. The van der Waals surface area contributed by atoms with Crippen LogP contribution in [0.4, 0.5) is 0 Å². The largest absolute Gasteiger partial charge is 0.334 e. The van der Waals surface area contributed by atoms with Gasteiger partial charge in [-0.1, -0.05) is 24.3 Å². The maximum Gasteiger partial charge on any atom is 0.227 e. The molecule has 2 heterocycles. The molecule has 0 N–H and O–H groups in total. The molecule has 0 radical (unpaired) electrons. The molecule has 0 aliphatic carbocycles. The Morgan fingerprint density at radius 3 is 2.38 bits per heavy atom. The average Bonchev–Trinajstić information content (AvgIpc) is 2.89. The number of piperidine rings is 1. The third-order valence-electron chi connectivity index (χ3n) is 4.35. The fourth-order valence-electron chi connectivity index (χ4n) is 3.19. The number of carbonyl (C=O) groups is 1. The second-order valence-electron chi connectivity index (χ2n) is 5.92. The highest BCUT2D eigenvalue weighted by Gasteiger charge is 2.34. The molecule has 114 valence electrons. The van der Waals surface area contributed by atoms with E-state index in [2.05, 4.69) is 0 Å². The molecule has 1 saturated heterocycles. The predicted molar refractivity (Wildman–Crippen MR) is 79.8 cm³/mol. The number of carbonyl (C=O) groups excluding carboxylic acids is 1. The number of rotatable bonds is 2. The summed E-state index contributed by atoms with van der Waals surface area (Å²) in [7, 11) is -3.21. The summed E-state index contributed by atoms with van der Waals surface area (Å²) in [5.74, 6) is -0.123. The van der Waals surface area contributed by atoms with Crippen LogP contribution in [0.1, 0.15) is 24.0 Å². The van der Waals surface area contributed by atoms with Gasteiger partial charge in [-0.25, -0.2) is 12.7 Å². The van der Waals surface area contributed by atoms with Gasteiger partial charge in [0.1, 0.15) is 0 Å². The zero-order valence-corrected chi connectivity index (χ0v) is 13.0. The van der Waals surface area contributed by atoms with Crippen LogP contribution in [-0.2, 0) is 27.9 Å². The summed E-state index contributed by atoms with van der Waals surface area (Å²) in [5, 5.41) is 0. The van der Waals surface area contributed by atoms with Gasteiger partial charge >= 0.3 is 0 Å². The molecular formula is C15H20N2O3S. The van der Waals surface area contributed by atoms with E-state index in [1.165, 1.54) is 21.7 Å². The Hall–Kier alpha value is -1.40. The van der Waals surface area contributed by atoms with Crippen molar-refractivity contribution < 1.29 is 13.2 Å². The third-order valence-corrected chi connectivity index (χ3v) is 5.62. The van der Waals surface area contributed by atoms with E-state index < -0.39 is 10.0 Å². The smallest absolute Gasteiger partial charge is 0.227 e. The van der Waals surface area contributed by atoms with Gasteiger partial charge in [0.25, 0.3) is 0 Å². The molecule has 2 aliphatic heterocycles. The van der Waals surface area contributed by atoms with Crippen molar-refractivity contribution in [1.82, 2.24) is 9.21 Å². The van der Waals surface area contributed by atoms with Gasteiger partial charge < -0.3 is 4.90 Å². The summed E-state index contributed by atoms with van der Waals surface area (Å²) in [6.07, 6.45) is 2.74. The lowest BCUT2D eigenvalue weighted by Crippen LogP contribution is -2.45. The number of benzene rings is 1. The molecular weight excluding hydrogens is 288 g/mol. The van der Waals surface area contributed by atoms with Crippen LogP contribution in [0.15, 0.2) is 24.3 Å². The molecule has 3 rings (SSSR count).